The Morgan fingerprint density at radius 3 is 1.88 bits per heavy atom. The molecule has 0 unspecified atom stereocenters. The number of ketones is 1. The fraction of sp³-hybridized carbons (Fsp3) is 0.714. The lowest BCUT2D eigenvalue weighted by molar-refractivity contribution is -0.121. The Labute approximate surface area is 105 Å². The van der Waals surface area contributed by atoms with E-state index in [1.165, 1.54) is 0 Å². The number of rotatable bonds is 3. The highest BCUT2D eigenvalue weighted by molar-refractivity contribution is 5.96. The Balaban J connectivity index is 4.83. The molecule has 0 aromatic rings. The first-order chi connectivity index (χ1) is 7.48. The zero-order valence-corrected chi connectivity index (χ0v) is 12.1. The first kappa shape index (κ1) is 15.9. The minimum absolute atomic E-state index is 0.0983. The molecule has 0 aromatic carbocycles. The van der Waals surface area contributed by atoms with Crippen LogP contribution in [0.4, 0.5) is 0 Å². The van der Waals surface area contributed by atoms with Crippen LogP contribution in [0.5, 0.6) is 0 Å². The Morgan fingerprint density at radius 1 is 1.12 bits per heavy atom. The number of hydrogen-bond acceptors (Lipinski definition) is 3. The molecular formula is C14H25NO2. The summed E-state index contributed by atoms with van der Waals surface area (Å²) in [7, 11) is 0. The van der Waals surface area contributed by atoms with Crippen LogP contribution in [0.1, 0.15) is 54.9 Å². The van der Waals surface area contributed by atoms with Gasteiger partial charge in [0.2, 0.25) is 0 Å². The highest BCUT2D eigenvalue weighted by Crippen LogP contribution is 2.22. The molecule has 0 heterocycles. The van der Waals surface area contributed by atoms with E-state index in [2.05, 4.69) is 5.16 Å². The Morgan fingerprint density at radius 2 is 1.59 bits per heavy atom. The maximum Gasteiger partial charge on any atom is 0.160 e. The topological polar surface area (TPSA) is 49.7 Å². The molecule has 3 heteroatoms. The van der Waals surface area contributed by atoms with Crippen molar-refractivity contribution in [2.24, 2.45) is 16.0 Å². The first-order valence-corrected chi connectivity index (χ1v) is 5.91. The van der Waals surface area contributed by atoms with Crippen LogP contribution in [-0.2, 0) is 4.79 Å². The molecule has 0 aliphatic heterocycles. The van der Waals surface area contributed by atoms with Gasteiger partial charge in [0.1, 0.15) is 0 Å². The van der Waals surface area contributed by atoms with E-state index in [1.54, 1.807) is 6.08 Å². The lowest BCUT2D eigenvalue weighted by Crippen LogP contribution is -2.22. The summed E-state index contributed by atoms with van der Waals surface area (Å²) in [4.78, 5) is 11.8. The van der Waals surface area contributed by atoms with Gasteiger partial charge >= 0.3 is 0 Å². The van der Waals surface area contributed by atoms with Gasteiger partial charge < -0.3 is 5.21 Å². The Kier molecular flexibility index (Phi) is 5.12. The highest BCUT2D eigenvalue weighted by atomic mass is 16.4. The maximum atomic E-state index is 11.8. The largest absolute Gasteiger partial charge is 0.411 e. The predicted molar refractivity (Wildman–Crippen MR) is 71.5 cm³/mol. The van der Waals surface area contributed by atoms with Crippen LogP contribution in [-0.4, -0.2) is 16.7 Å². The minimum Gasteiger partial charge on any atom is -0.411 e. The molecule has 1 N–H and O–H groups in total. The Bertz CT molecular complexity index is 338. The van der Waals surface area contributed by atoms with E-state index < -0.39 is 0 Å². The van der Waals surface area contributed by atoms with Crippen LogP contribution in [0.15, 0.2) is 16.8 Å². The third-order valence-corrected chi connectivity index (χ3v) is 2.55. The van der Waals surface area contributed by atoms with Crippen LogP contribution < -0.4 is 0 Å². The van der Waals surface area contributed by atoms with Gasteiger partial charge in [0.15, 0.2) is 5.78 Å². The van der Waals surface area contributed by atoms with Crippen LogP contribution in [0.3, 0.4) is 0 Å². The molecule has 0 fully saturated rings. The second-order valence-corrected chi connectivity index (χ2v) is 6.58. The molecule has 0 saturated heterocycles. The third kappa shape index (κ3) is 5.66. The fourth-order valence-electron chi connectivity index (χ4n) is 1.21. The van der Waals surface area contributed by atoms with E-state index in [4.69, 9.17) is 5.21 Å². The zero-order chi connectivity index (χ0) is 13.9. The van der Waals surface area contributed by atoms with Crippen molar-refractivity contribution >= 4 is 11.5 Å². The zero-order valence-electron chi connectivity index (χ0n) is 12.1. The molecule has 3 nitrogen and oxygen atoms in total. The number of oxime groups is 1. The Hall–Kier alpha value is -1.12. The van der Waals surface area contributed by atoms with E-state index in [0.29, 0.717) is 12.1 Å². The average Bonchev–Trinajstić information content (AvgIpc) is 2.10. The number of allylic oxidation sites excluding steroid dienone is 2. The molecule has 98 valence electrons. The lowest BCUT2D eigenvalue weighted by atomic mass is 9.85. The van der Waals surface area contributed by atoms with Crippen molar-refractivity contribution in [2.75, 3.05) is 0 Å². The van der Waals surface area contributed by atoms with E-state index in [1.807, 2.05) is 48.5 Å². The van der Waals surface area contributed by atoms with E-state index >= 15 is 0 Å². The van der Waals surface area contributed by atoms with Crippen LogP contribution in [0, 0.1) is 10.8 Å². The fourth-order valence-corrected chi connectivity index (χ4v) is 1.21. The van der Waals surface area contributed by atoms with E-state index in [-0.39, 0.29) is 16.6 Å². The number of nitrogens with zero attached hydrogens (tertiary/aromatic N) is 1. The van der Waals surface area contributed by atoms with Crippen molar-refractivity contribution < 1.29 is 10.0 Å². The van der Waals surface area contributed by atoms with Crippen LogP contribution in [0.25, 0.3) is 0 Å². The van der Waals surface area contributed by atoms with Crippen molar-refractivity contribution in [2.45, 2.75) is 54.9 Å². The average molecular weight is 239 g/mol. The summed E-state index contributed by atoms with van der Waals surface area (Å²) >= 11 is 0. The second-order valence-electron chi connectivity index (χ2n) is 6.58. The van der Waals surface area contributed by atoms with Crippen molar-refractivity contribution in [3.8, 4) is 0 Å². The van der Waals surface area contributed by atoms with E-state index in [0.717, 1.165) is 5.57 Å². The smallest absolute Gasteiger partial charge is 0.160 e. The van der Waals surface area contributed by atoms with Gasteiger partial charge in [0.25, 0.3) is 0 Å². The van der Waals surface area contributed by atoms with Gasteiger partial charge in [-0.15, -0.1) is 0 Å². The summed E-state index contributed by atoms with van der Waals surface area (Å²) in [5, 5.41) is 12.3. The molecular weight excluding hydrogens is 214 g/mol. The quantitative estimate of drug-likeness (QED) is 0.352. The molecule has 0 spiro atoms. The van der Waals surface area contributed by atoms with Gasteiger partial charge in [0, 0.05) is 17.3 Å². The summed E-state index contributed by atoms with van der Waals surface area (Å²) in [6.07, 6.45) is 2.18. The summed E-state index contributed by atoms with van der Waals surface area (Å²) in [5.74, 6) is 0.0983. The van der Waals surface area contributed by atoms with Gasteiger partial charge in [-0.1, -0.05) is 52.3 Å². The normalized spacial score (nSPS) is 15.0. The monoisotopic (exact) mass is 239 g/mol. The third-order valence-electron chi connectivity index (χ3n) is 2.55. The maximum absolute atomic E-state index is 11.8. The van der Waals surface area contributed by atoms with Crippen molar-refractivity contribution in [1.29, 1.82) is 0 Å². The lowest BCUT2D eigenvalue weighted by Gasteiger charge is -2.20. The van der Waals surface area contributed by atoms with Crippen molar-refractivity contribution in [3.63, 3.8) is 0 Å². The summed E-state index contributed by atoms with van der Waals surface area (Å²) in [6.45, 7) is 13.5. The molecule has 0 aliphatic rings. The molecule has 0 aromatic heterocycles. The summed E-state index contributed by atoms with van der Waals surface area (Å²) < 4.78 is 0. The summed E-state index contributed by atoms with van der Waals surface area (Å²) in [5.41, 5.74) is 1.06. The molecule has 0 radical (unpaired) electrons. The summed E-state index contributed by atoms with van der Waals surface area (Å²) in [6, 6.07) is 0. The molecule has 0 atom stereocenters. The predicted octanol–water partition coefficient (Wildman–Crippen LogP) is 3.81. The number of carbonyl (C=O) groups excluding carboxylic acids is 1. The second kappa shape index (κ2) is 5.48. The van der Waals surface area contributed by atoms with Gasteiger partial charge in [-0.3, -0.25) is 4.79 Å². The minimum atomic E-state index is -0.362. The molecule has 0 rings (SSSR count). The van der Waals surface area contributed by atoms with Gasteiger partial charge in [0.05, 0.1) is 5.71 Å². The number of carbonyl (C=O) groups is 1. The molecule has 0 saturated carbocycles. The molecule has 0 amide bonds. The highest BCUT2D eigenvalue weighted by Gasteiger charge is 2.22. The SMILES string of the molecule is C/C(=C/C(=O)C(C)(C)C)C/C(=N/O)C(C)(C)C. The standard InChI is InChI=1S/C14H25NO2/c1-10(9-12(16)14(5,6)7)8-11(15-17)13(2,3)4/h9,17H,8H2,1-7H3/b10-9-,15-11-. The molecule has 17 heavy (non-hydrogen) atoms. The number of hydrogen-bond donors (Lipinski definition) is 1. The van der Waals surface area contributed by atoms with Crippen molar-refractivity contribution in [3.05, 3.63) is 11.6 Å². The van der Waals surface area contributed by atoms with Crippen LogP contribution >= 0.6 is 0 Å². The molecule has 0 aliphatic carbocycles. The van der Waals surface area contributed by atoms with Crippen LogP contribution in [0.2, 0.25) is 0 Å². The van der Waals surface area contributed by atoms with Gasteiger partial charge in [-0.2, -0.15) is 0 Å². The van der Waals surface area contributed by atoms with Gasteiger partial charge in [-0.05, 0) is 13.0 Å². The van der Waals surface area contributed by atoms with Crippen molar-refractivity contribution in [1.82, 2.24) is 0 Å². The molecule has 0 bridgehead atoms. The first-order valence-electron chi connectivity index (χ1n) is 5.91. The van der Waals surface area contributed by atoms with E-state index in [9.17, 15) is 4.79 Å². The van der Waals surface area contributed by atoms with Gasteiger partial charge in [-0.25, -0.2) is 0 Å².